The summed E-state index contributed by atoms with van der Waals surface area (Å²) >= 11 is 0. The number of sulfone groups is 1. The number of benzene rings is 3. The zero-order valence-corrected chi connectivity index (χ0v) is 18.7. The van der Waals surface area contributed by atoms with E-state index in [1.807, 2.05) is 18.2 Å². The van der Waals surface area contributed by atoms with Crippen LogP contribution in [-0.4, -0.2) is 19.7 Å². The van der Waals surface area contributed by atoms with Crippen LogP contribution in [0.4, 0.5) is 11.5 Å². The average molecular weight is 444 g/mol. The molecule has 0 fully saturated rings. The summed E-state index contributed by atoms with van der Waals surface area (Å²) in [5, 5.41) is 4.43. The van der Waals surface area contributed by atoms with Crippen LogP contribution in [0.15, 0.2) is 77.7 Å². The number of rotatable bonds is 5. The molecule has 5 nitrogen and oxygen atoms in total. The molecule has 1 aromatic heterocycles. The first-order chi connectivity index (χ1) is 15.4. The van der Waals surface area contributed by atoms with Crippen LogP contribution in [0.5, 0.6) is 0 Å². The number of fused-ring (bicyclic) bond motifs is 2. The SMILES string of the molecule is CS(=O)(=O)c1cccc(CNc2ccc3nc(N)c([C@@H]4CCc5ccccc54)cc3c2)c1. The van der Waals surface area contributed by atoms with E-state index < -0.39 is 9.84 Å². The van der Waals surface area contributed by atoms with Gasteiger partial charge in [0.15, 0.2) is 9.84 Å². The zero-order chi connectivity index (χ0) is 22.3. The second kappa shape index (κ2) is 7.95. The zero-order valence-electron chi connectivity index (χ0n) is 17.9. The highest BCUT2D eigenvalue weighted by molar-refractivity contribution is 7.90. The molecule has 3 aromatic carbocycles. The molecule has 1 heterocycles. The maximum Gasteiger partial charge on any atom is 0.175 e. The minimum Gasteiger partial charge on any atom is -0.383 e. The molecule has 0 spiro atoms. The molecular formula is C26H25N3O2S. The number of nitrogen functional groups attached to an aromatic ring is 1. The fourth-order valence-corrected chi connectivity index (χ4v) is 5.26. The van der Waals surface area contributed by atoms with Gasteiger partial charge in [-0.1, -0.05) is 36.4 Å². The fraction of sp³-hybridized carbons (Fsp3) is 0.192. The van der Waals surface area contributed by atoms with E-state index in [9.17, 15) is 8.42 Å². The van der Waals surface area contributed by atoms with Crippen molar-refractivity contribution in [3.8, 4) is 0 Å². The van der Waals surface area contributed by atoms with Crippen molar-refractivity contribution < 1.29 is 8.42 Å². The highest BCUT2D eigenvalue weighted by Crippen LogP contribution is 2.40. The van der Waals surface area contributed by atoms with Gasteiger partial charge in [0.05, 0.1) is 10.4 Å². The van der Waals surface area contributed by atoms with Gasteiger partial charge in [0, 0.05) is 35.4 Å². The number of hydrogen-bond donors (Lipinski definition) is 2. The molecule has 0 amide bonds. The number of nitrogens with one attached hydrogen (secondary N) is 1. The van der Waals surface area contributed by atoms with Crippen molar-refractivity contribution in [2.24, 2.45) is 0 Å². The van der Waals surface area contributed by atoms with E-state index in [0.29, 0.717) is 17.3 Å². The summed E-state index contributed by atoms with van der Waals surface area (Å²) in [6.07, 6.45) is 3.33. The Kier molecular flexibility index (Phi) is 5.10. The van der Waals surface area contributed by atoms with Crippen molar-refractivity contribution in [1.82, 2.24) is 4.98 Å². The quantitative estimate of drug-likeness (QED) is 0.458. The number of anilines is 2. The Morgan fingerprint density at radius 1 is 1.00 bits per heavy atom. The Balaban J connectivity index is 1.42. The number of pyridine rings is 1. The van der Waals surface area contributed by atoms with Crippen LogP contribution >= 0.6 is 0 Å². The average Bonchev–Trinajstić information content (AvgIpc) is 3.21. The molecule has 0 bridgehead atoms. The standard InChI is InChI=1S/C26H25N3O2S/c1-32(30,31)21-7-4-5-17(13-21)16-28-20-10-12-25-19(14-20)15-24(26(27)29-25)23-11-9-18-6-2-3-8-22(18)23/h2-8,10,12-15,23,28H,9,11,16H2,1H3,(H2,27,29)/t23-/m1/s1. The monoisotopic (exact) mass is 443 g/mol. The van der Waals surface area contributed by atoms with Gasteiger partial charge in [-0.25, -0.2) is 13.4 Å². The Hall–Kier alpha value is -3.38. The van der Waals surface area contributed by atoms with Gasteiger partial charge in [0.2, 0.25) is 0 Å². The van der Waals surface area contributed by atoms with Crippen LogP contribution in [0.2, 0.25) is 0 Å². The molecule has 3 N–H and O–H groups in total. The van der Waals surface area contributed by atoms with Gasteiger partial charge in [0.25, 0.3) is 0 Å². The van der Waals surface area contributed by atoms with Crippen LogP contribution in [0.1, 0.15) is 34.6 Å². The minimum absolute atomic E-state index is 0.276. The molecule has 4 aromatic rings. The van der Waals surface area contributed by atoms with Gasteiger partial charge in [-0.05, 0) is 65.9 Å². The molecule has 0 aliphatic heterocycles. The van der Waals surface area contributed by atoms with Gasteiger partial charge < -0.3 is 11.1 Å². The number of nitrogens with two attached hydrogens (primary N) is 1. The summed E-state index contributed by atoms with van der Waals surface area (Å²) in [6, 6.07) is 23.8. The Morgan fingerprint density at radius 2 is 1.84 bits per heavy atom. The largest absolute Gasteiger partial charge is 0.383 e. The van der Waals surface area contributed by atoms with Crippen molar-refractivity contribution in [3.63, 3.8) is 0 Å². The van der Waals surface area contributed by atoms with Crippen LogP contribution in [-0.2, 0) is 22.8 Å². The first-order valence-corrected chi connectivity index (χ1v) is 12.6. The number of nitrogens with zero attached hydrogens (tertiary/aromatic N) is 1. The van der Waals surface area contributed by atoms with E-state index in [0.717, 1.165) is 40.6 Å². The molecule has 162 valence electrons. The predicted octanol–water partition coefficient (Wildman–Crippen LogP) is 4.91. The van der Waals surface area contributed by atoms with E-state index in [-0.39, 0.29) is 5.92 Å². The summed E-state index contributed by atoms with van der Waals surface area (Å²) in [6.45, 7) is 0.528. The maximum atomic E-state index is 11.8. The maximum absolute atomic E-state index is 11.8. The number of aryl methyl sites for hydroxylation is 1. The summed E-state index contributed by atoms with van der Waals surface area (Å²) in [5.74, 6) is 0.871. The van der Waals surface area contributed by atoms with Gasteiger partial charge in [0.1, 0.15) is 5.82 Å². The lowest BCUT2D eigenvalue weighted by Crippen LogP contribution is -2.05. The Bertz CT molecular complexity index is 1430. The molecule has 1 atom stereocenters. The number of aromatic nitrogens is 1. The van der Waals surface area contributed by atoms with E-state index >= 15 is 0 Å². The fourth-order valence-electron chi connectivity index (χ4n) is 4.57. The van der Waals surface area contributed by atoms with Crippen LogP contribution in [0.25, 0.3) is 10.9 Å². The molecule has 5 rings (SSSR count). The third-order valence-corrected chi connectivity index (χ3v) is 7.32. The lowest BCUT2D eigenvalue weighted by atomic mass is 9.92. The summed E-state index contributed by atoms with van der Waals surface area (Å²) < 4.78 is 23.6. The van der Waals surface area contributed by atoms with Crippen molar-refractivity contribution in [3.05, 3.63) is 95.1 Å². The van der Waals surface area contributed by atoms with Gasteiger partial charge >= 0.3 is 0 Å². The smallest absolute Gasteiger partial charge is 0.175 e. The molecule has 0 unspecified atom stereocenters. The second-order valence-corrected chi connectivity index (χ2v) is 10.4. The Morgan fingerprint density at radius 3 is 2.69 bits per heavy atom. The summed E-state index contributed by atoms with van der Waals surface area (Å²) in [4.78, 5) is 5.00. The van der Waals surface area contributed by atoms with E-state index in [1.54, 1.807) is 18.2 Å². The van der Waals surface area contributed by atoms with Crippen LogP contribution < -0.4 is 11.1 Å². The van der Waals surface area contributed by atoms with Crippen molar-refractivity contribution in [2.75, 3.05) is 17.3 Å². The first-order valence-electron chi connectivity index (χ1n) is 10.7. The molecular weight excluding hydrogens is 418 g/mol. The number of hydrogen-bond acceptors (Lipinski definition) is 5. The second-order valence-electron chi connectivity index (χ2n) is 8.43. The van der Waals surface area contributed by atoms with Gasteiger partial charge in [-0.3, -0.25) is 0 Å². The lowest BCUT2D eigenvalue weighted by Gasteiger charge is -2.16. The molecule has 1 aliphatic carbocycles. The van der Waals surface area contributed by atoms with Crippen LogP contribution in [0.3, 0.4) is 0 Å². The molecule has 0 saturated heterocycles. The highest BCUT2D eigenvalue weighted by Gasteiger charge is 2.25. The Labute approximate surface area is 188 Å². The van der Waals surface area contributed by atoms with E-state index in [2.05, 4.69) is 46.7 Å². The van der Waals surface area contributed by atoms with E-state index in [4.69, 9.17) is 5.73 Å². The third kappa shape index (κ3) is 3.94. The van der Waals surface area contributed by atoms with Crippen molar-refractivity contribution in [2.45, 2.75) is 30.2 Å². The van der Waals surface area contributed by atoms with E-state index in [1.165, 1.54) is 17.4 Å². The minimum atomic E-state index is -3.22. The normalized spacial score (nSPS) is 15.6. The molecule has 32 heavy (non-hydrogen) atoms. The third-order valence-electron chi connectivity index (χ3n) is 6.21. The lowest BCUT2D eigenvalue weighted by molar-refractivity contribution is 0.601. The molecule has 0 radical (unpaired) electrons. The van der Waals surface area contributed by atoms with Gasteiger partial charge in [-0.2, -0.15) is 0 Å². The summed E-state index contributed by atoms with van der Waals surface area (Å²) in [5.41, 5.74) is 12.9. The summed E-state index contributed by atoms with van der Waals surface area (Å²) in [7, 11) is -3.22. The first kappa shape index (κ1) is 20.5. The molecule has 6 heteroatoms. The van der Waals surface area contributed by atoms with Crippen molar-refractivity contribution >= 4 is 32.2 Å². The molecule has 0 saturated carbocycles. The van der Waals surface area contributed by atoms with Gasteiger partial charge in [-0.15, -0.1) is 0 Å². The highest BCUT2D eigenvalue weighted by atomic mass is 32.2. The van der Waals surface area contributed by atoms with Crippen LogP contribution in [0, 0.1) is 0 Å². The van der Waals surface area contributed by atoms with Crippen molar-refractivity contribution in [1.29, 1.82) is 0 Å². The topological polar surface area (TPSA) is 85.1 Å². The predicted molar refractivity (Wildman–Crippen MR) is 130 cm³/mol. The molecule has 1 aliphatic rings.